The normalized spacial score (nSPS) is 11.9. The molecule has 0 radical (unpaired) electrons. The van der Waals surface area contributed by atoms with Crippen molar-refractivity contribution >= 4 is 28.4 Å². The molecule has 114 valence electrons. The Morgan fingerprint density at radius 1 is 1.43 bits per heavy atom. The Kier molecular flexibility index (Phi) is 4.59. The largest absolute Gasteiger partial charge is 0.389 e. The summed E-state index contributed by atoms with van der Waals surface area (Å²) in [6.07, 6.45) is 2.14. The summed E-state index contributed by atoms with van der Waals surface area (Å²) in [6, 6.07) is 5.58. The van der Waals surface area contributed by atoms with E-state index in [0.29, 0.717) is 24.5 Å². The van der Waals surface area contributed by atoms with E-state index in [4.69, 9.17) is 11.6 Å². The summed E-state index contributed by atoms with van der Waals surface area (Å²) in [5, 5.41) is 11.5. The number of benzene rings is 1. The van der Waals surface area contributed by atoms with Crippen LogP contribution < -0.4 is 0 Å². The van der Waals surface area contributed by atoms with Gasteiger partial charge >= 0.3 is 0 Å². The van der Waals surface area contributed by atoms with Crippen LogP contribution in [0.15, 0.2) is 24.4 Å². The molecule has 0 saturated heterocycles. The second-order valence-corrected chi connectivity index (χ2v) is 6.34. The van der Waals surface area contributed by atoms with Gasteiger partial charge in [-0.05, 0) is 44.5 Å². The number of hydrogen-bond donors (Lipinski definition) is 2. The molecule has 2 aromatic rings. The predicted octanol–water partition coefficient (Wildman–Crippen LogP) is 2.98. The first-order valence-corrected chi connectivity index (χ1v) is 7.43. The molecule has 0 atom stereocenters. The number of aromatic nitrogens is 1. The maximum absolute atomic E-state index is 12.4. The van der Waals surface area contributed by atoms with Gasteiger partial charge in [0.2, 0.25) is 5.91 Å². The van der Waals surface area contributed by atoms with Gasteiger partial charge in [-0.15, -0.1) is 0 Å². The van der Waals surface area contributed by atoms with E-state index in [-0.39, 0.29) is 5.91 Å². The fourth-order valence-electron chi connectivity index (χ4n) is 2.42. The van der Waals surface area contributed by atoms with Gasteiger partial charge in [-0.2, -0.15) is 0 Å². The number of carbonyl (C=O) groups excluding carboxylic acids is 1. The Labute approximate surface area is 129 Å². The average molecular weight is 309 g/mol. The maximum Gasteiger partial charge on any atom is 0.227 e. The number of rotatable bonds is 5. The third-order valence-corrected chi connectivity index (χ3v) is 3.62. The molecule has 0 aliphatic heterocycles. The van der Waals surface area contributed by atoms with E-state index < -0.39 is 5.60 Å². The first-order valence-electron chi connectivity index (χ1n) is 7.06. The number of halogens is 1. The lowest BCUT2D eigenvalue weighted by atomic mass is 10.1. The van der Waals surface area contributed by atoms with Crippen molar-refractivity contribution < 1.29 is 9.90 Å². The molecule has 2 N–H and O–H groups in total. The molecular formula is C16H21ClN2O2. The number of nitrogens with zero attached hydrogens (tertiary/aromatic N) is 1. The lowest BCUT2D eigenvalue weighted by Gasteiger charge is -2.28. The molecule has 0 aliphatic rings. The summed E-state index contributed by atoms with van der Waals surface area (Å²) in [4.78, 5) is 17.2. The van der Waals surface area contributed by atoms with Crippen molar-refractivity contribution in [1.29, 1.82) is 0 Å². The summed E-state index contributed by atoms with van der Waals surface area (Å²) >= 11 is 6.02. The Morgan fingerprint density at radius 2 is 2.14 bits per heavy atom. The Bertz CT molecular complexity index is 643. The van der Waals surface area contributed by atoms with Crippen LogP contribution in [0.1, 0.15) is 26.3 Å². The molecule has 0 bridgehead atoms. The van der Waals surface area contributed by atoms with Gasteiger partial charge in [0.15, 0.2) is 0 Å². The van der Waals surface area contributed by atoms with E-state index in [9.17, 15) is 9.90 Å². The monoisotopic (exact) mass is 308 g/mol. The number of aliphatic hydroxyl groups is 1. The molecule has 1 aromatic carbocycles. The van der Waals surface area contributed by atoms with Gasteiger partial charge in [0.25, 0.3) is 0 Å². The lowest BCUT2D eigenvalue weighted by Crippen LogP contribution is -2.42. The quantitative estimate of drug-likeness (QED) is 0.892. The molecule has 0 spiro atoms. The first-order chi connectivity index (χ1) is 9.80. The van der Waals surface area contributed by atoms with E-state index in [0.717, 1.165) is 16.5 Å². The fourth-order valence-corrected chi connectivity index (χ4v) is 2.59. The third-order valence-electron chi connectivity index (χ3n) is 3.38. The van der Waals surface area contributed by atoms with Crippen LogP contribution in [-0.4, -0.2) is 39.6 Å². The molecule has 1 heterocycles. The number of fused-ring (bicyclic) bond motifs is 1. The average Bonchev–Trinajstić information content (AvgIpc) is 2.77. The number of nitrogens with one attached hydrogen (secondary N) is 1. The summed E-state index contributed by atoms with van der Waals surface area (Å²) in [7, 11) is 0. The zero-order valence-corrected chi connectivity index (χ0v) is 13.4. The van der Waals surface area contributed by atoms with Gasteiger partial charge in [0, 0.05) is 35.2 Å². The van der Waals surface area contributed by atoms with E-state index in [1.54, 1.807) is 18.7 Å². The fraction of sp³-hybridized carbons (Fsp3) is 0.438. The first kappa shape index (κ1) is 15.9. The van der Waals surface area contributed by atoms with Crippen LogP contribution in [0, 0.1) is 0 Å². The summed E-state index contributed by atoms with van der Waals surface area (Å²) < 4.78 is 0. The standard InChI is InChI=1S/C16H21ClN2O2/c1-4-19(10-16(2,3)21)15(20)7-11-9-18-14-6-5-12(17)8-13(11)14/h5-6,8-9,18,21H,4,7,10H2,1-3H3. The topological polar surface area (TPSA) is 56.3 Å². The molecule has 1 aromatic heterocycles. The number of carbonyl (C=O) groups is 1. The molecule has 1 amide bonds. The molecule has 0 fully saturated rings. The minimum atomic E-state index is -0.894. The number of H-pyrrole nitrogens is 1. The van der Waals surface area contributed by atoms with E-state index >= 15 is 0 Å². The van der Waals surface area contributed by atoms with Crippen molar-refractivity contribution in [3.8, 4) is 0 Å². The summed E-state index contributed by atoms with van der Waals surface area (Å²) in [6.45, 7) is 6.22. The highest BCUT2D eigenvalue weighted by Gasteiger charge is 2.22. The minimum absolute atomic E-state index is 0.000463. The van der Waals surface area contributed by atoms with Crippen LogP contribution in [0.3, 0.4) is 0 Å². The van der Waals surface area contributed by atoms with Crippen LogP contribution in [0.5, 0.6) is 0 Å². The van der Waals surface area contributed by atoms with Crippen LogP contribution in [0.4, 0.5) is 0 Å². The molecule has 0 saturated carbocycles. The van der Waals surface area contributed by atoms with Crippen molar-refractivity contribution in [2.75, 3.05) is 13.1 Å². The van der Waals surface area contributed by atoms with Gasteiger partial charge in [0.05, 0.1) is 12.0 Å². The van der Waals surface area contributed by atoms with Crippen LogP contribution in [-0.2, 0) is 11.2 Å². The Hall–Kier alpha value is -1.52. The molecule has 0 aliphatic carbocycles. The predicted molar refractivity (Wildman–Crippen MR) is 85.6 cm³/mol. The molecule has 0 unspecified atom stereocenters. The van der Waals surface area contributed by atoms with Gasteiger partial charge in [-0.3, -0.25) is 4.79 Å². The van der Waals surface area contributed by atoms with Gasteiger partial charge < -0.3 is 15.0 Å². The smallest absolute Gasteiger partial charge is 0.227 e. The van der Waals surface area contributed by atoms with Crippen LogP contribution in [0.2, 0.25) is 5.02 Å². The molecule has 2 rings (SSSR count). The number of hydrogen-bond acceptors (Lipinski definition) is 2. The third kappa shape index (κ3) is 3.99. The second-order valence-electron chi connectivity index (χ2n) is 5.90. The minimum Gasteiger partial charge on any atom is -0.389 e. The van der Waals surface area contributed by atoms with Gasteiger partial charge in [-0.1, -0.05) is 11.6 Å². The zero-order chi connectivity index (χ0) is 15.6. The SMILES string of the molecule is CCN(CC(C)(C)O)C(=O)Cc1c[nH]c2ccc(Cl)cc12. The molecule has 21 heavy (non-hydrogen) atoms. The van der Waals surface area contributed by atoms with E-state index in [2.05, 4.69) is 4.98 Å². The van der Waals surface area contributed by atoms with Crippen molar-refractivity contribution in [1.82, 2.24) is 9.88 Å². The van der Waals surface area contributed by atoms with Crippen LogP contribution in [0.25, 0.3) is 10.9 Å². The van der Waals surface area contributed by atoms with Crippen molar-refractivity contribution in [2.45, 2.75) is 32.8 Å². The molecule has 4 nitrogen and oxygen atoms in total. The number of aromatic amines is 1. The highest BCUT2D eigenvalue weighted by molar-refractivity contribution is 6.31. The summed E-state index contributed by atoms with van der Waals surface area (Å²) in [5.74, 6) is 0.000463. The van der Waals surface area contributed by atoms with Crippen molar-refractivity contribution in [2.24, 2.45) is 0 Å². The van der Waals surface area contributed by atoms with Crippen LogP contribution >= 0.6 is 11.6 Å². The van der Waals surface area contributed by atoms with Crippen molar-refractivity contribution in [3.63, 3.8) is 0 Å². The highest BCUT2D eigenvalue weighted by Crippen LogP contribution is 2.23. The Balaban J connectivity index is 2.19. The maximum atomic E-state index is 12.4. The number of likely N-dealkylation sites (N-methyl/N-ethyl adjacent to an activating group) is 1. The van der Waals surface area contributed by atoms with Gasteiger partial charge in [0.1, 0.15) is 0 Å². The molecule has 5 heteroatoms. The van der Waals surface area contributed by atoms with E-state index in [1.807, 2.05) is 31.3 Å². The summed E-state index contributed by atoms with van der Waals surface area (Å²) in [5.41, 5.74) is 0.995. The number of amides is 1. The second kappa shape index (κ2) is 6.08. The van der Waals surface area contributed by atoms with Gasteiger partial charge in [-0.25, -0.2) is 0 Å². The lowest BCUT2D eigenvalue weighted by molar-refractivity contribution is -0.133. The molecular weight excluding hydrogens is 288 g/mol. The zero-order valence-electron chi connectivity index (χ0n) is 12.6. The van der Waals surface area contributed by atoms with E-state index in [1.165, 1.54) is 0 Å². The highest BCUT2D eigenvalue weighted by atomic mass is 35.5. The Morgan fingerprint density at radius 3 is 2.76 bits per heavy atom. The van der Waals surface area contributed by atoms with Crippen molar-refractivity contribution in [3.05, 3.63) is 35.0 Å².